The van der Waals surface area contributed by atoms with Gasteiger partial charge in [-0.3, -0.25) is 4.57 Å². The van der Waals surface area contributed by atoms with E-state index in [2.05, 4.69) is 11.1 Å². The maximum atomic E-state index is 5.92. The molecule has 0 bridgehead atoms. The zero-order valence-electron chi connectivity index (χ0n) is 11.4. The third kappa shape index (κ3) is 1.93. The molecular formula is C16H14N4S. The molecule has 0 saturated heterocycles. The highest BCUT2D eigenvalue weighted by Crippen LogP contribution is 2.26. The van der Waals surface area contributed by atoms with Gasteiger partial charge in [0.25, 0.3) is 0 Å². The van der Waals surface area contributed by atoms with Gasteiger partial charge in [-0.05, 0) is 43.0 Å². The summed E-state index contributed by atoms with van der Waals surface area (Å²) in [6, 6.07) is 10.1. The Balaban J connectivity index is 2.01. The molecule has 4 rings (SSSR count). The summed E-state index contributed by atoms with van der Waals surface area (Å²) < 4.78 is 1.97. The normalized spacial score (nSPS) is 13.5. The summed E-state index contributed by atoms with van der Waals surface area (Å²) in [7, 11) is 0. The largest absolute Gasteiger partial charge is 0.389 e. The molecule has 4 nitrogen and oxygen atoms in total. The predicted octanol–water partition coefficient (Wildman–Crippen LogP) is 2.54. The molecule has 104 valence electrons. The Morgan fingerprint density at radius 3 is 2.95 bits per heavy atom. The highest BCUT2D eigenvalue weighted by molar-refractivity contribution is 7.80. The van der Waals surface area contributed by atoms with Crippen LogP contribution in [-0.2, 0) is 12.8 Å². The number of aryl methyl sites for hydroxylation is 2. The Bertz CT molecular complexity index is 866. The average Bonchev–Trinajstić information content (AvgIpc) is 3.11. The van der Waals surface area contributed by atoms with E-state index in [4.69, 9.17) is 22.9 Å². The summed E-state index contributed by atoms with van der Waals surface area (Å²) in [6.07, 6.45) is 5.01. The van der Waals surface area contributed by atoms with Crippen molar-refractivity contribution in [3.63, 3.8) is 0 Å². The lowest BCUT2D eigenvalue weighted by Gasteiger charge is -2.12. The molecule has 1 aliphatic rings. The van der Waals surface area contributed by atoms with E-state index >= 15 is 0 Å². The molecule has 1 aliphatic carbocycles. The van der Waals surface area contributed by atoms with Crippen molar-refractivity contribution in [2.45, 2.75) is 19.3 Å². The van der Waals surface area contributed by atoms with Gasteiger partial charge in [0.15, 0.2) is 0 Å². The van der Waals surface area contributed by atoms with Gasteiger partial charge in [-0.1, -0.05) is 24.4 Å². The van der Waals surface area contributed by atoms with Crippen LogP contribution < -0.4 is 5.73 Å². The van der Waals surface area contributed by atoms with E-state index in [9.17, 15) is 0 Å². The molecule has 5 heteroatoms. The quantitative estimate of drug-likeness (QED) is 0.738. The zero-order chi connectivity index (χ0) is 14.4. The molecule has 0 atom stereocenters. The lowest BCUT2D eigenvalue weighted by Crippen LogP contribution is -2.16. The topological polar surface area (TPSA) is 56.7 Å². The third-order valence-corrected chi connectivity index (χ3v) is 4.20. The van der Waals surface area contributed by atoms with Crippen molar-refractivity contribution in [1.29, 1.82) is 0 Å². The summed E-state index contributed by atoms with van der Waals surface area (Å²) in [5.74, 6) is 0.789. The van der Waals surface area contributed by atoms with Crippen molar-refractivity contribution in [3.05, 3.63) is 53.5 Å². The van der Waals surface area contributed by atoms with Crippen molar-refractivity contribution < 1.29 is 0 Å². The van der Waals surface area contributed by atoms with E-state index < -0.39 is 0 Å². The number of hydrogen-bond donors (Lipinski definition) is 1. The standard InChI is InChI=1S/C16H14N4S/c17-15(21)11-8-10-4-3-6-12(10)19-16(11)20-9-18-13-5-1-2-7-14(13)20/h1-2,5,7-9H,3-4,6H2,(H2,17,21). The molecule has 21 heavy (non-hydrogen) atoms. The fourth-order valence-electron chi connectivity index (χ4n) is 2.95. The van der Waals surface area contributed by atoms with Crippen LogP contribution in [0.25, 0.3) is 16.9 Å². The molecule has 0 saturated carbocycles. The van der Waals surface area contributed by atoms with Gasteiger partial charge in [0.2, 0.25) is 0 Å². The number of nitrogens with two attached hydrogens (primary N) is 1. The summed E-state index contributed by atoms with van der Waals surface area (Å²) in [6.45, 7) is 0. The number of benzene rings is 1. The third-order valence-electron chi connectivity index (χ3n) is 3.98. The molecular weight excluding hydrogens is 280 g/mol. The van der Waals surface area contributed by atoms with Crippen LogP contribution in [0.1, 0.15) is 23.2 Å². The van der Waals surface area contributed by atoms with Gasteiger partial charge in [-0.2, -0.15) is 0 Å². The van der Waals surface area contributed by atoms with Crippen LogP contribution in [0.5, 0.6) is 0 Å². The zero-order valence-corrected chi connectivity index (χ0v) is 12.2. The van der Waals surface area contributed by atoms with Gasteiger partial charge in [-0.15, -0.1) is 0 Å². The van der Waals surface area contributed by atoms with Crippen LogP contribution >= 0.6 is 12.2 Å². The van der Waals surface area contributed by atoms with E-state index in [1.165, 1.54) is 5.56 Å². The Labute approximate surface area is 127 Å². The van der Waals surface area contributed by atoms with Crippen molar-refractivity contribution in [2.75, 3.05) is 0 Å². The van der Waals surface area contributed by atoms with Crippen molar-refractivity contribution in [3.8, 4) is 5.82 Å². The maximum Gasteiger partial charge on any atom is 0.148 e. The summed E-state index contributed by atoms with van der Waals surface area (Å²) >= 11 is 5.22. The first-order valence-corrected chi connectivity index (χ1v) is 7.40. The van der Waals surface area contributed by atoms with E-state index in [1.54, 1.807) is 6.33 Å². The second kappa shape index (κ2) is 4.63. The van der Waals surface area contributed by atoms with E-state index in [0.717, 1.165) is 47.4 Å². The minimum absolute atomic E-state index is 0.380. The molecule has 0 spiro atoms. The molecule has 2 aromatic heterocycles. The first kappa shape index (κ1) is 12.5. The van der Waals surface area contributed by atoms with Crippen molar-refractivity contribution in [2.24, 2.45) is 5.73 Å². The van der Waals surface area contributed by atoms with Crippen LogP contribution in [-0.4, -0.2) is 19.5 Å². The minimum Gasteiger partial charge on any atom is -0.389 e. The van der Waals surface area contributed by atoms with Gasteiger partial charge in [0.1, 0.15) is 17.1 Å². The first-order chi connectivity index (χ1) is 10.2. The number of aromatic nitrogens is 3. The number of nitrogens with zero attached hydrogens (tertiary/aromatic N) is 3. The molecule has 1 aromatic carbocycles. The molecule has 3 aromatic rings. The minimum atomic E-state index is 0.380. The van der Waals surface area contributed by atoms with Gasteiger partial charge in [0.05, 0.1) is 16.6 Å². The van der Waals surface area contributed by atoms with Crippen molar-refractivity contribution >= 4 is 28.2 Å². The summed E-state index contributed by atoms with van der Waals surface area (Å²) in [5.41, 5.74) is 11.1. The van der Waals surface area contributed by atoms with Crippen molar-refractivity contribution in [1.82, 2.24) is 14.5 Å². The smallest absolute Gasteiger partial charge is 0.148 e. The fraction of sp³-hybridized carbons (Fsp3) is 0.188. The maximum absolute atomic E-state index is 5.92. The second-order valence-electron chi connectivity index (χ2n) is 5.29. The number of pyridine rings is 1. The number of para-hydroxylation sites is 2. The van der Waals surface area contributed by atoms with Gasteiger partial charge in [0, 0.05) is 5.69 Å². The SMILES string of the molecule is NC(=S)c1cc2c(nc1-n1cnc3ccccc31)CCC2. The predicted molar refractivity (Wildman–Crippen MR) is 86.8 cm³/mol. The Kier molecular flexibility index (Phi) is 2.75. The van der Waals surface area contributed by atoms with Crippen LogP contribution in [0.15, 0.2) is 36.7 Å². The lowest BCUT2D eigenvalue weighted by molar-refractivity contribution is 0.893. The fourth-order valence-corrected chi connectivity index (χ4v) is 3.10. The molecule has 2 N–H and O–H groups in total. The Hall–Kier alpha value is -2.27. The molecule has 0 fully saturated rings. The first-order valence-electron chi connectivity index (χ1n) is 6.99. The Morgan fingerprint density at radius 2 is 2.10 bits per heavy atom. The second-order valence-corrected chi connectivity index (χ2v) is 5.73. The molecule has 0 amide bonds. The average molecular weight is 294 g/mol. The number of thiocarbonyl (C=S) groups is 1. The van der Waals surface area contributed by atoms with E-state index in [0.29, 0.717) is 4.99 Å². The summed E-state index contributed by atoms with van der Waals surface area (Å²) in [4.78, 5) is 9.63. The monoisotopic (exact) mass is 294 g/mol. The molecule has 0 radical (unpaired) electrons. The highest BCUT2D eigenvalue weighted by Gasteiger charge is 2.19. The Morgan fingerprint density at radius 1 is 1.24 bits per heavy atom. The van der Waals surface area contributed by atoms with Gasteiger partial charge < -0.3 is 5.73 Å². The highest BCUT2D eigenvalue weighted by atomic mass is 32.1. The van der Waals surface area contributed by atoms with Crippen LogP contribution in [0.2, 0.25) is 0 Å². The number of hydrogen-bond acceptors (Lipinski definition) is 3. The number of rotatable bonds is 2. The molecule has 2 heterocycles. The summed E-state index contributed by atoms with van der Waals surface area (Å²) in [5, 5.41) is 0. The molecule has 0 aliphatic heterocycles. The van der Waals surface area contributed by atoms with E-state index in [-0.39, 0.29) is 0 Å². The van der Waals surface area contributed by atoms with Crippen LogP contribution in [0.3, 0.4) is 0 Å². The van der Waals surface area contributed by atoms with E-state index in [1.807, 2.05) is 28.8 Å². The van der Waals surface area contributed by atoms with Gasteiger partial charge in [-0.25, -0.2) is 9.97 Å². The number of imidazole rings is 1. The van der Waals surface area contributed by atoms with Crippen LogP contribution in [0, 0.1) is 0 Å². The molecule has 0 unspecified atom stereocenters. The van der Waals surface area contributed by atoms with Crippen LogP contribution in [0.4, 0.5) is 0 Å². The number of fused-ring (bicyclic) bond motifs is 2. The lowest BCUT2D eigenvalue weighted by atomic mass is 10.1. The van der Waals surface area contributed by atoms with Gasteiger partial charge >= 0.3 is 0 Å².